The van der Waals surface area contributed by atoms with E-state index in [0.717, 1.165) is 5.56 Å². The van der Waals surface area contributed by atoms with Crippen LogP contribution in [0.25, 0.3) is 0 Å². The van der Waals surface area contributed by atoms with Gasteiger partial charge in [-0.3, -0.25) is 4.79 Å². The number of amides is 1. The highest BCUT2D eigenvalue weighted by molar-refractivity contribution is 7.91. The number of aliphatic hydroxyl groups is 2. The van der Waals surface area contributed by atoms with Gasteiger partial charge in [0.05, 0.1) is 23.7 Å². The molecule has 0 aromatic heterocycles. The van der Waals surface area contributed by atoms with Crippen molar-refractivity contribution < 1.29 is 23.4 Å². The summed E-state index contributed by atoms with van der Waals surface area (Å²) < 4.78 is 23.4. The van der Waals surface area contributed by atoms with Gasteiger partial charge in [0.15, 0.2) is 9.84 Å². The zero-order valence-corrected chi connectivity index (χ0v) is 15.6. The molecule has 0 radical (unpaired) electrons. The molecule has 1 aromatic carbocycles. The molecule has 0 aliphatic carbocycles. The van der Waals surface area contributed by atoms with Gasteiger partial charge in [0.25, 0.3) is 5.91 Å². The number of rotatable bonds is 7. The lowest BCUT2D eigenvalue weighted by atomic mass is 9.97. The average molecular weight is 369 g/mol. The fourth-order valence-corrected chi connectivity index (χ4v) is 4.79. The summed E-state index contributed by atoms with van der Waals surface area (Å²) in [4.78, 5) is 14.3. The first-order valence-electron chi connectivity index (χ1n) is 8.55. The predicted molar refractivity (Wildman–Crippen MR) is 96.2 cm³/mol. The van der Waals surface area contributed by atoms with E-state index in [1.54, 1.807) is 32.0 Å². The Balaban J connectivity index is 2.16. The zero-order valence-electron chi connectivity index (χ0n) is 14.8. The molecule has 1 saturated heterocycles. The van der Waals surface area contributed by atoms with Gasteiger partial charge in [0.1, 0.15) is 0 Å². The molecular weight excluding hydrogens is 342 g/mol. The molecule has 1 aliphatic rings. The lowest BCUT2D eigenvalue weighted by Gasteiger charge is -2.28. The van der Waals surface area contributed by atoms with E-state index in [1.165, 1.54) is 4.90 Å². The van der Waals surface area contributed by atoms with Gasteiger partial charge in [-0.25, -0.2) is 8.42 Å². The normalized spacial score (nSPS) is 19.8. The van der Waals surface area contributed by atoms with E-state index in [4.69, 9.17) is 0 Å². The first-order valence-corrected chi connectivity index (χ1v) is 10.4. The van der Waals surface area contributed by atoms with E-state index in [-0.39, 0.29) is 36.6 Å². The van der Waals surface area contributed by atoms with Crippen molar-refractivity contribution in [1.29, 1.82) is 0 Å². The van der Waals surface area contributed by atoms with Crippen molar-refractivity contribution in [3.05, 3.63) is 35.4 Å². The largest absolute Gasteiger partial charge is 0.395 e. The number of nitrogens with zero attached hydrogens (tertiary/aromatic N) is 1. The van der Waals surface area contributed by atoms with Gasteiger partial charge in [0, 0.05) is 18.2 Å². The monoisotopic (exact) mass is 369 g/mol. The van der Waals surface area contributed by atoms with Gasteiger partial charge in [-0.15, -0.1) is 0 Å². The number of benzene rings is 1. The number of hydrogen-bond acceptors (Lipinski definition) is 5. The summed E-state index contributed by atoms with van der Waals surface area (Å²) >= 11 is 0. The Morgan fingerprint density at radius 1 is 1.36 bits per heavy atom. The summed E-state index contributed by atoms with van der Waals surface area (Å²) in [6.45, 7) is 3.39. The highest BCUT2D eigenvalue weighted by Crippen LogP contribution is 2.21. The smallest absolute Gasteiger partial charge is 0.254 e. The number of aliphatic hydroxyl groups excluding tert-OH is 1. The SMILES string of the molecule is CC(C)(O)CCc1cccc(C(=O)N(CCO)[C@@H]2CCS(=O)(=O)C2)c1. The minimum atomic E-state index is -3.11. The van der Waals surface area contributed by atoms with Gasteiger partial charge < -0.3 is 15.1 Å². The molecule has 6 nitrogen and oxygen atoms in total. The number of aryl methyl sites for hydroxylation is 1. The van der Waals surface area contributed by atoms with E-state index < -0.39 is 15.4 Å². The predicted octanol–water partition coefficient (Wildman–Crippen LogP) is 1.01. The molecule has 1 atom stereocenters. The van der Waals surface area contributed by atoms with Crippen molar-refractivity contribution in [2.75, 3.05) is 24.7 Å². The van der Waals surface area contributed by atoms with Crippen LogP contribution in [-0.4, -0.2) is 65.7 Å². The van der Waals surface area contributed by atoms with E-state index in [9.17, 15) is 23.4 Å². The Kier molecular flexibility index (Phi) is 6.24. The molecular formula is C18H27NO5S. The third-order valence-electron chi connectivity index (χ3n) is 4.45. The van der Waals surface area contributed by atoms with Gasteiger partial charge in [-0.1, -0.05) is 12.1 Å². The third-order valence-corrected chi connectivity index (χ3v) is 6.20. The fourth-order valence-electron chi connectivity index (χ4n) is 3.05. The van der Waals surface area contributed by atoms with Crippen LogP contribution < -0.4 is 0 Å². The van der Waals surface area contributed by atoms with Crippen LogP contribution in [0.15, 0.2) is 24.3 Å². The molecule has 0 unspecified atom stereocenters. The molecule has 2 rings (SSSR count). The van der Waals surface area contributed by atoms with Crippen molar-refractivity contribution in [2.45, 2.75) is 44.8 Å². The molecule has 1 aliphatic heterocycles. The van der Waals surface area contributed by atoms with Crippen LogP contribution in [0.5, 0.6) is 0 Å². The molecule has 7 heteroatoms. The summed E-state index contributed by atoms with van der Waals surface area (Å²) in [6, 6.07) is 6.78. The highest BCUT2D eigenvalue weighted by atomic mass is 32.2. The Labute approximate surface area is 149 Å². The second kappa shape index (κ2) is 7.85. The molecule has 1 heterocycles. The number of carbonyl (C=O) groups excluding carboxylic acids is 1. The number of sulfone groups is 1. The Morgan fingerprint density at radius 2 is 2.08 bits per heavy atom. The van der Waals surface area contributed by atoms with Crippen LogP contribution in [0.3, 0.4) is 0 Å². The summed E-state index contributed by atoms with van der Waals surface area (Å²) in [5.74, 6) is -0.225. The molecule has 2 N–H and O–H groups in total. The summed E-state index contributed by atoms with van der Waals surface area (Å²) in [6.07, 6.45) is 1.63. The highest BCUT2D eigenvalue weighted by Gasteiger charge is 2.34. The zero-order chi connectivity index (χ0) is 18.7. The Bertz CT molecular complexity index is 708. The van der Waals surface area contributed by atoms with E-state index in [0.29, 0.717) is 24.8 Å². The van der Waals surface area contributed by atoms with Crippen molar-refractivity contribution in [3.63, 3.8) is 0 Å². The minimum absolute atomic E-state index is 0.0445. The van der Waals surface area contributed by atoms with E-state index in [2.05, 4.69) is 0 Å². The van der Waals surface area contributed by atoms with Crippen molar-refractivity contribution in [2.24, 2.45) is 0 Å². The Hall–Kier alpha value is -1.44. The van der Waals surface area contributed by atoms with Crippen molar-refractivity contribution in [1.82, 2.24) is 4.90 Å². The quantitative estimate of drug-likeness (QED) is 0.748. The van der Waals surface area contributed by atoms with Crippen molar-refractivity contribution >= 4 is 15.7 Å². The first kappa shape index (κ1) is 19.9. The van der Waals surface area contributed by atoms with Crippen molar-refractivity contribution in [3.8, 4) is 0 Å². The molecule has 140 valence electrons. The van der Waals surface area contributed by atoms with Gasteiger partial charge in [0.2, 0.25) is 0 Å². The van der Waals surface area contributed by atoms with Gasteiger partial charge >= 0.3 is 0 Å². The minimum Gasteiger partial charge on any atom is -0.395 e. The van der Waals surface area contributed by atoms with Crippen LogP contribution in [0.4, 0.5) is 0 Å². The average Bonchev–Trinajstić information content (AvgIpc) is 2.89. The maximum absolute atomic E-state index is 12.9. The first-order chi connectivity index (χ1) is 11.6. The topological polar surface area (TPSA) is 94.9 Å². The fraction of sp³-hybridized carbons (Fsp3) is 0.611. The van der Waals surface area contributed by atoms with Crippen LogP contribution in [0.2, 0.25) is 0 Å². The molecule has 25 heavy (non-hydrogen) atoms. The maximum Gasteiger partial charge on any atom is 0.254 e. The molecule has 0 saturated carbocycles. The number of carbonyl (C=O) groups is 1. The lowest BCUT2D eigenvalue weighted by Crippen LogP contribution is -2.42. The third kappa shape index (κ3) is 5.80. The molecule has 0 spiro atoms. The second-order valence-corrected chi connectivity index (χ2v) is 9.52. The lowest BCUT2D eigenvalue weighted by molar-refractivity contribution is 0.0655. The van der Waals surface area contributed by atoms with E-state index in [1.807, 2.05) is 6.07 Å². The molecule has 1 amide bonds. The summed E-state index contributed by atoms with van der Waals surface area (Å²) in [5.41, 5.74) is 0.642. The summed E-state index contributed by atoms with van der Waals surface area (Å²) in [7, 11) is -3.11. The standard InChI is InChI=1S/C18H27NO5S/c1-18(2,22)8-6-14-4-3-5-15(12-14)17(21)19(9-10-20)16-7-11-25(23,24)13-16/h3-5,12,16,20,22H,6-11,13H2,1-2H3/t16-/m1/s1. The Morgan fingerprint density at radius 3 is 2.64 bits per heavy atom. The molecule has 0 bridgehead atoms. The van der Waals surface area contributed by atoms with E-state index >= 15 is 0 Å². The summed E-state index contributed by atoms with van der Waals surface area (Å²) in [5, 5.41) is 19.1. The maximum atomic E-state index is 12.9. The van der Waals surface area contributed by atoms with Crippen LogP contribution in [0.1, 0.15) is 42.6 Å². The molecule has 1 fully saturated rings. The van der Waals surface area contributed by atoms with Gasteiger partial charge in [-0.05, 0) is 50.8 Å². The van der Waals surface area contributed by atoms with Crippen LogP contribution in [0, 0.1) is 0 Å². The van der Waals surface area contributed by atoms with Crippen LogP contribution >= 0.6 is 0 Å². The second-order valence-electron chi connectivity index (χ2n) is 7.29. The van der Waals surface area contributed by atoms with Crippen LogP contribution in [-0.2, 0) is 16.3 Å². The van der Waals surface area contributed by atoms with Gasteiger partial charge in [-0.2, -0.15) is 0 Å². The molecule has 1 aromatic rings. The number of hydrogen-bond donors (Lipinski definition) is 2.